The van der Waals surface area contributed by atoms with E-state index < -0.39 is 18.2 Å². The number of unbranched alkanes of at least 4 members (excludes halogenated alkanes) is 4. The normalized spacial score (nSPS) is 30.0. The summed E-state index contributed by atoms with van der Waals surface area (Å²) < 4.78 is 0. The predicted octanol–water partition coefficient (Wildman–Crippen LogP) is 3.91. The summed E-state index contributed by atoms with van der Waals surface area (Å²) in [5.41, 5.74) is 1.34. The van der Waals surface area contributed by atoms with Crippen LogP contribution in [0.25, 0.3) is 0 Å². The van der Waals surface area contributed by atoms with Gasteiger partial charge in [-0.25, -0.2) is 0 Å². The highest BCUT2D eigenvalue weighted by atomic mass is 16.4. The van der Waals surface area contributed by atoms with Crippen LogP contribution in [0.15, 0.2) is 11.6 Å². The molecule has 0 aromatic heterocycles. The van der Waals surface area contributed by atoms with Crippen LogP contribution in [0.1, 0.15) is 77.6 Å². The summed E-state index contributed by atoms with van der Waals surface area (Å²) in [6.45, 7) is 2.19. The largest absolute Gasteiger partial charge is 0.481 e. The first kappa shape index (κ1) is 21.0. The van der Waals surface area contributed by atoms with Gasteiger partial charge in [0.25, 0.3) is 0 Å². The Bertz CT molecular complexity index is 542. The van der Waals surface area contributed by atoms with E-state index >= 15 is 0 Å². The number of carboxylic acids is 1. The Hall–Kier alpha value is -1.31. The summed E-state index contributed by atoms with van der Waals surface area (Å²) in [6, 6.07) is 0. The van der Waals surface area contributed by atoms with Crippen LogP contribution in [0.3, 0.4) is 0 Å². The average molecular weight is 363 g/mol. The molecule has 0 aromatic carbocycles. The molecule has 3 N–H and O–H groups in total. The second-order valence-corrected chi connectivity index (χ2v) is 7.86. The first-order valence-electron chi connectivity index (χ1n) is 10.3. The molecule has 2 fully saturated rings. The second kappa shape index (κ2) is 10.7. The smallest absolute Gasteiger partial charge is 0.303 e. The quantitative estimate of drug-likeness (QED) is 0.330. The van der Waals surface area contributed by atoms with E-state index in [0.717, 1.165) is 32.1 Å². The fourth-order valence-electron chi connectivity index (χ4n) is 4.30. The van der Waals surface area contributed by atoms with Crippen molar-refractivity contribution < 1.29 is 20.1 Å². The lowest BCUT2D eigenvalue weighted by Gasteiger charge is -2.48. The number of carboxylic acid groups (broad SMARTS) is 1. The van der Waals surface area contributed by atoms with E-state index in [-0.39, 0.29) is 12.3 Å². The Morgan fingerprint density at radius 3 is 2.77 bits per heavy atom. The lowest BCUT2D eigenvalue weighted by molar-refractivity contribution is -0.136. The van der Waals surface area contributed by atoms with E-state index in [1.54, 1.807) is 0 Å². The van der Waals surface area contributed by atoms with Gasteiger partial charge in [-0.2, -0.15) is 0 Å². The standard InChI is InChI=1S/C22H34O4/c1-2-3-4-5-6-9-17(23)11-12-19-20-15-16(8-7-10-22(25)26)18(20)13-14-21(19)24/h8,17-21,23-24H,2-7,9-10,13-15H2,1H3,(H,25,26)/b16-8+/t17?,18-,19-,20+,21-/m1/s1. The highest BCUT2D eigenvalue weighted by Gasteiger charge is 2.46. The van der Waals surface area contributed by atoms with Gasteiger partial charge < -0.3 is 15.3 Å². The summed E-state index contributed by atoms with van der Waals surface area (Å²) in [4.78, 5) is 10.6. The average Bonchev–Trinajstić information content (AvgIpc) is 2.58. The maximum Gasteiger partial charge on any atom is 0.303 e. The van der Waals surface area contributed by atoms with Gasteiger partial charge in [-0.05, 0) is 50.4 Å². The third-order valence-electron chi connectivity index (χ3n) is 5.88. The number of aliphatic carboxylic acids is 1. The van der Waals surface area contributed by atoms with Crippen molar-refractivity contribution in [2.75, 3.05) is 0 Å². The summed E-state index contributed by atoms with van der Waals surface area (Å²) >= 11 is 0. The number of hydrogen-bond acceptors (Lipinski definition) is 3. The molecule has 0 aromatic rings. The maximum absolute atomic E-state index is 10.6. The van der Waals surface area contributed by atoms with Crippen molar-refractivity contribution in [3.05, 3.63) is 11.6 Å². The number of hydrogen-bond donors (Lipinski definition) is 3. The zero-order valence-corrected chi connectivity index (χ0v) is 16.0. The van der Waals surface area contributed by atoms with Gasteiger partial charge in [0.05, 0.1) is 12.0 Å². The van der Waals surface area contributed by atoms with Crippen molar-refractivity contribution in [3.8, 4) is 11.8 Å². The van der Waals surface area contributed by atoms with Gasteiger partial charge in [-0.1, -0.05) is 56.1 Å². The molecule has 1 unspecified atom stereocenters. The van der Waals surface area contributed by atoms with Crippen molar-refractivity contribution in [1.82, 2.24) is 0 Å². The number of fused-ring (bicyclic) bond motifs is 1. The summed E-state index contributed by atoms with van der Waals surface area (Å²) in [5.74, 6) is 6.15. The van der Waals surface area contributed by atoms with E-state index in [9.17, 15) is 15.0 Å². The molecule has 0 bridgehead atoms. The van der Waals surface area contributed by atoms with Crippen LogP contribution in [0.4, 0.5) is 0 Å². The molecule has 0 heterocycles. The molecule has 0 saturated heterocycles. The minimum atomic E-state index is -0.760. The number of rotatable bonds is 9. The molecule has 0 radical (unpaired) electrons. The van der Waals surface area contributed by atoms with E-state index in [1.807, 2.05) is 0 Å². The number of carbonyl (C=O) groups is 1. The lowest BCUT2D eigenvalue weighted by atomic mass is 9.57. The van der Waals surface area contributed by atoms with Crippen LogP contribution in [-0.2, 0) is 4.79 Å². The Balaban J connectivity index is 1.81. The Morgan fingerprint density at radius 1 is 1.27 bits per heavy atom. The zero-order chi connectivity index (χ0) is 18.9. The van der Waals surface area contributed by atoms with E-state index in [4.69, 9.17) is 5.11 Å². The Morgan fingerprint density at radius 2 is 2.04 bits per heavy atom. The Kier molecular flexibility index (Phi) is 8.68. The van der Waals surface area contributed by atoms with E-state index in [0.29, 0.717) is 24.7 Å². The molecule has 2 rings (SSSR count). The fourth-order valence-corrected chi connectivity index (χ4v) is 4.30. The first-order valence-corrected chi connectivity index (χ1v) is 10.3. The molecule has 0 spiro atoms. The van der Waals surface area contributed by atoms with Gasteiger partial charge >= 0.3 is 5.97 Å². The molecule has 0 aliphatic heterocycles. The van der Waals surface area contributed by atoms with Crippen LogP contribution < -0.4 is 0 Å². The molecule has 2 aliphatic carbocycles. The van der Waals surface area contributed by atoms with Crippen molar-refractivity contribution in [1.29, 1.82) is 0 Å². The molecule has 2 aliphatic rings. The molecule has 146 valence electrons. The third kappa shape index (κ3) is 6.14. The first-order chi connectivity index (χ1) is 12.5. The maximum atomic E-state index is 10.6. The predicted molar refractivity (Wildman–Crippen MR) is 102 cm³/mol. The van der Waals surface area contributed by atoms with E-state index in [2.05, 4.69) is 24.8 Å². The molecule has 4 nitrogen and oxygen atoms in total. The zero-order valence-electron chi connectivity index (χ0n) is 16.0. The van der Waals surface area contributed by atoms with Gasteiger partial charge in [-0.15, -0.1) is 0 Å². The molecular weight excluding hydrogens is 328 g/mol. The van der Waals surface area contributed by atoms with Gasteiger partial charge in [0.15, 0.2) is 0 Å². The van der Waals surface area contributed by atoms with Crippen molar-refractivity contribution in [2.24, 2.45) is 17.8 Å². The lowest BCUT2D eigenvalue weighted by Crippen LogP contribution is -2.44. The highest BCUT2D eigenvalue weighted by molar-refractivity contribution is 5.66. The molecule has 5 atom stereocenters. The summed E-state index contributed by atoms with van der Waals surface area (Å²) in [7, 11) is 0. The number of allylic oxidation sites excluding steroid dienone is 2. The number of aliphatic hydroxyl groups is 2. The highest BCUT2D eigenvalue weighted by Crippen LogP contribution is 2.51. The minimum Gasteiger partial charge on any atom is -0.481 e. The SMILES string of the molecule is CCCCCCCC(O)C#C[C@@H]1[C@H]2C/C(=C\CCC(=O)O)[C@H]2CC[C@H]1O. The summed E-state index contributed by atoms with van der Waals surface area (Å²) in [5, 5.41) is 29.2. The van der Waals surface area contributed by atoms with Gasteiger partial charge in [0.2, 0.25) is 0 Å². The van der Waals surface area contributed by atoms with Crippen LogP contribution >= 0.6 is 0 Å². The molecule has 0 amide bonds. The summed E-state index contributed by atoms with van der Waals surface area (Å²) in [6.07, 6.45) is 11.0. The van der Waals surface area contributed by atoms with Crippen molar-refractivity contribution in [3.63, 3.8) is 0 Å². The third-order valence-corrected chi connectivity index (χ3v) is 5.88. The molecule has 26 heavy (non-hydrogen) atoms. The van der Waals surface area contributed by atoms with Gasteiger partial charge in [0, 0.05) is 6.42 Å². The Labute approximate surface area is 157 Å². The van der Waals surface area contributed by atoms with Crippen molar-refractivity contribution >= 4 is 5.97 Å². The molecule has 2 saturated carbocycles. The van der Waals surface area contributed by atoms with Gasteiger partial charge in [0.1, 0.15) is 6.10 Å². The fraction of sp³-hybridized carbons (Fsp3) is 0.773. The van der Waals surface area contributed by atoms with Crippen LogP contribution in [-0.4, -0.2) is 33.5 Å². The van der Waals surface area contributed by atoms with Crippen molar-refractivity contribution in [2.45, 2.75) is 89.8 Å². The van der Waals surface area contributed by atoms with Crippen LogP contribution in [0.5, 0.6) is 0 Å². The minimum absolute atomic E-state index is 0.0554. The van der Waals surface area contributed by atoms with Crippen LogP contribution in [0.2, 0.25) is 0 Å². The second-order valence-electron chi connectivity index (χ2n) is 7.86. The number of aliphatic hydroxyl groups excluding tert-OH is 2. The van der Waals surface area contributed by atoms with Gasteiger partial charge in [-0.3, -0.25) is 4.79 Å². The molecule has 4 heteroatoms. The van der Waals surface area contributed by atoms with Crippen LogP contribution in [0, 0.1) is 29.6 Å². The monoisotopic (exact) mass is 362 g/mol. The topological polar surface area (TPSA) is 77.8 Å². The van der Waals surface area contributed by atoms with E-state index in [1.165, 1.54) is 24.8 Å². The molecular formula is C22H34O4.